The van der Waals surface area contributed by atoms with E-state index in [-0.39, 0.29) is 0 Å². The first-order chi connectivity index (χ1) is 7.22. The molecule has 1 aliphatic carbocycles. The van der Waals surface area contributed by atoms with E-state index in [2.05, 4.69) is 11.9 Å². The fourth-order valence-corrected chi connectivity index (χ4v) is 1.55. The molecule has 0 unspecified atom stereocenters. The van der Waals surface area contributed by atoms with E-state index in [1.54, 1.807) is 0 Å². The third-order valence-electron chi connectivity index (χ3n) is 2.58. The fraction of sp³-hybridized carbons (Fsp3) is 0.583. The van der Waals surface area contributed by atoms with Crippen molar-refractivity contribution in [1.82, 2.24) is 4.98 Å². The number of ether oxygens (including phenoxy) is 1. The largest absolute Gasteiger partial charge is 0.486 e. The molecule has 0 radical (unpaired) electrons. The molecule has 0 atom stereocenters. The number of aromatic nitrogens is 1. The normalized spacial score (nSPS) is 15.1. The van der Waals surface area contributed by atoms with Crippen molar-refractivity contribution in [1.29, 1.82) is 0 Å². The SMILES string of the molecule is CCc1ccnc(N(C)C)c1OC1CC1. The van der Waals surface area contributed by atoms with E-state index in [0.717, 1.165) is 18.0 Å². The number of hydrogen-bond donors (Lipinski definition) is 0. The lowest BCUT2D eigenvalue weighted by Crippen LogP contribution is -2.14. The minimum atomic E-state index is 0.429. The van der Waals surface area contributed by atoms with Crippen LogP contribution in [-0.2, 0) is 6.42 Å². The van der Waals surface area contributed by atoms with E-state index in [1.807, 2.05) is 31.3 Å². The summed E-state index contributed by atoms with van der Waals surface area (Å²) in [4.78, 5) is 6.38. The van der Waals surface area contributed by atoms with Gasteiger partial charge in [-0.1, -0.05) is 6.92 Å². The Bertz CT molecular complexity index is 345. The first-order valence-corrected chi connectivity index (χ1v) is 5.54. The first kappa shape index (κ1) is 10.3. The number of aryl methyl sites for hydroxylation is 1. The van der Waals surface area contributed by atoms with Crippen molar-refractivity contribution >= 4 is 5.82 Å². The molecule has 82 valence electrons. The van der Waals surface area contributed by atoms with Gasteiger partial charge in [0.25, 0.3) is 0 Å². The Morgan fingerprint density at radius 1 is 1.47 bits per heavy atom. The van der Waals surface area contributed by atoms with Crippen molar-refractivity contribution in [2.24, 2.45) is 0 Å². The Labute approximate surface area is 91.1 Å². The average Bonchev–Trinajstić information content (AvgIpc) is 3.01. The van der Waals surface area contributed by atoms with E-state index < -0.39 is 0 Å². The molecule has 0 bridgehead atoms. The van der Waals surface area contributed by atoms with Gasteiger partial charge in [0, 0.05) is 20.3 Å². The van der Waals surface area contributed by atoms with Crippen molar-refractivity contribution in [3.63, 3.8) is 0 Å². The molecule has 3 heteroatoms. The maximum Gasteiger partial charge on any atom is 0.171 e. The molecule has 1 fully saturated rings. The van der Waals surface area contributed by atoms with Crippen molar-refractivity contribution in [3.8, 4) is 5.75 Å². The predicted octanol–water partition coefficient (Wildman–Crippen LogP) is 2.25. The van der Waals surface area contributed by atoms with Gasteiger partial charge in [-0.25, -0.2) is 4.98 Å². The van der Waals surface area contributed by atoms with E-state index >= 15 is 0 Å². The Kier molecular flexibility index (Phi) is 2.80. The zero-order chi connectivity index (χ0) is 10.8. The monoisotopic (exact) mass is 206 g/mol. The highest BCUT2D eigenvalue weighted by Crippen LogP contribution is 2.34. The van der Waals surface area contributed by atoms with E-state index in [9.17, 15) is 0 Å². The number of rotatable bonds is 4. The van der Waals surface area contributed by atoms with Gasteiger partial charge in [0.1, 0.15) is 0 Å². The Balaban J connectivity index is 2.34. The highest BCUT2D eigenvalue weighted by Gasteiger charge is 2.26. The molecular formula is C12H18N2O. The van der Waals surface area contributed by atoms with Gasteiger partial charge in [-0.2, -0.15) is 0 Å². The number of anilines is 1. The van der Waals surface area contributed by atoms with Gasteiger partial charge >= 0.3 is 0 Å². The molecule has 1 saturated carbocycles. The van der Waals surface area contributed by atoms with Gasteiger partial charge in [-0.15, -0.1) is 0 Å². The molecule has 1 heterocycles. The summed E-state index contributed by atoms with van der Waals surface area (Å²) >= 11 is 0. The van der Waals surface area contributed by atoms with E-state index in [0.29, 0.717) is 6.10 Å². The molecule has 2 rings (SSSR count). The Morgan fingerprint density at radius 3 is 2.73 bits per heavy atom. The molecule has 0 saturated heterocycles. The molecule has 0 N–H and O–H groups in total. The third kappa shape index (κ3) is 2.22. The van der Waals surface area contributed by atoms with Crippen LogP contribution in [0.15, 0.2) is 12.3 Å². The van der Waals surface area contributed by atoms with Crippen LogP contribution in [0, 0.1) is 0 Å². The van der Waals surface area contributed by atoms with Gasteiger partial charge in [0.05, 0.1) is 6.10 Å². The number of nitrogens with zero attached hydrogens (tertiary/aromatic N) is 2. The Morgan fingerprint density at radius 2 is 2.20 bits per heavy atom. The maximum absolute atomic E-state index is 5.94. The predicted molar refractivity (Wildman–Crippen MR) is 61.6 cm³/mol. The second-order valence-corrected chi connectivity index (χ2v) is 4.19. The maximum atomic E-state index is 5.94. The summed E-state index contributed by atoms with van der Waals surface area (Å²) in [6, 6.07) is 2.05. The summed E-state index contributed by atoms with van der Waals surface area (Å²) in [5, 5.41) is 0. The molecule has 0 amide bonds. The second kappa shape index (κ2) is 4.09. The van der Waals surface area contributed by atoms with Gasteiger partial charge in [0.2, 0.25) is 0 Å². The zero-order valence-corrected chi connectivity index (χ0v) is 9.66. The topological polar surface area (TPSA) is 25.4 Å². The van der Waals surface area contributed by atoms with Crippen LogP contribution < -0.4 is 9.64 Å². The number of pyridine rings is 1. The molecular weight excluding hydrogens is 188 g/mol. The van der Waals surface area contributed by atoms with E-state index in [1.165, 1.54) is 18.4 Å². The minimum Gasteiger partial charge on any atom is -0.486 e. The van der Waals surface area contributed by atoms with Gasteiger partial charge < -0.3 is 9.64 Å². The van der Waals surface area contributed by atoms with Crippen LogP contribution in [-0.4, -0.2) is 25.2 Å². The smallest absolute Gasteiger partial charge is 0.171 e. The molecule has 1 aromatic heterocycles. The van der Waals surface area contributed by atoms with Crippen molar-refractivity contribution < 1.29 is 4.74 Å². The van der Waals surface area contributed by atoms with Gasteiger partial charge in [0.15, 0.2) is 11.6 Å². The average molecular weight is 206 g/mol. The minimum absolute atomic E-state index is 0.429. The third-order valence-corrected chi connectivity index (χ3v) is 2.58. The van der Waals surface area contributed by atoms with Gasteiger partial charge in [-0.05, 0) is 30.9 Å². The Hall–Kier alpha value is -1.25. The van der Waals surface area contributed by atoms with Crippen LogP contribution >= 0.6 is 0 Å². The van der Waals surface area contributed by atoms with Crippen LogP contribution in [0.2, 0.25) is 0 Å². The highest BCUT2D eigenvalue weighted by atomic mass is 16.5. The highest BCUT2D eigenvalue weighted by molar-refractivity contribution is 5.55. The first-order valence-electron chi connectivity index (χ1n) is 5.54. The lowest BCUT2D eigenvalue weighted by molar-refractivity contribution is 0.300. The molecule has 3 nitrogen and oxygen atoms in total. The fourth-order valence-electron chi connectivity index (χ4n) is 1.55. The van der Waals surface area contributed by atoms with Crippen molar-refractivity contribution in [3.05, 3.63) is 17.8 Å². The van der Waals surface area contributed by atoms with Crippen LogP contribution in [0.3, 0.4) is 0 Å². The molecule has 1 aliphatic rings. The molecule has 0 spiro atoms. The van der Waals surface area contributed by atoms with Crippen LogP contribution in [0.1, 0.15) is 25.3 Å². The summed E-state index contributed by atoms with van der Waals surface area (Å²) in [6.45, 7) is 2.15. The van der Waals surface area contributed by atoms with Crippen LogP contribution in [0.5, 0.6) is 5.75 Å². The summed E-state index contributed by atoms with van der Waals surface area (Å²) in [5.41, 5.74) is 1.25. The lowest BCUT2D eigenvalue weighted by atomic mass is 10.2. The lowest BCUT2D eigenvalue weighted by Gasteiger charge is -2.18. The van der Waals surface area contributed by atoms with Crippen molar-refractivity contribution in [2.75, 3.05) is 19.0 Å². The van der Waals surface area contributed by atoms with Crippen LogP contribution in [0.25, 0.3) is 0 Å². The molecule has 1 aromatic rings. The summed E-state index contributed by atoms with van der Waals surface area (Å²) < 4.78 is 5.94. The molecule has 0 aromatic carbocycles. The summed E-state index contributed by atoms with van der Waals surface area (Å²) in [7, 11) is 4.00. The van der Waals surface area contributed by atoms with E-state index in [4.69, 9.17) is 4.74 Å². The quantitative estimate of drug-likeness (QED) is 0.755. The summed E-state index contributed by atoms with van der Waals surface area (Å²) in [6.07, 6.45) is 5.65. The second-order valence-electron chi connectivity index (χ2n) is 4.19. The standard InChI is InChI=1S/C12H18N2O/c1-4-9-7-8-13-12(14(2)3)11(9)15-10-5-6-10/h7-8,10H,4-6H2,1-3H3. The summed E-state index contributed by atoms with van der Waals surface area (Å²) in [5.74, 6) is 1.92. The zero-order valence-electron chi connectivity index (χ0n) is 9.66. The van der Waals surface area contributed by atoms with Gasteiger partial charge in [-0.3, -0.25) is 0 Å². The number of hydrogen-bond acceptors (Lipinski definition) is 3. The van der Waals surface area contributed by atoms with Crippen LogP contribution in [0.4, 0.5) is 5.82 Å². The van der Waals surface area contributed by atoms with Crippen molar-refractivity contribution in [2.45, 2.75) is 32.3 Å². The molecule has 15 heavy (non-hydrogen) atoms. The molecule has 0 aliphatic heterocycles.